The van der Waals surface area contributed by atoms with Crippen LogP contribution in [0.5, 0.6) is 0 Å². The van der Waals surface area contributed by atoms with Gasteiger partial charge in [-0.05, 0) is 44.0 Å². The van der Waals surface area contributed by atoms with Gasteiger partial charge < -0.3 is 5.32 Å². The third-order valence-corrected chi connectivity index (χ3v) is 3.95. The SMILES string of the molecule is Cc1cc(C(F)F)n2ncc(C(=O)Nc3cccc(C)c3C)c2n1. The van der Waals surface area contributed by atoms with Crippen LogP contribution in [0.15, 0.2) is 30.5 Å². The summed E-state index contributed by atoms with van der Waals surface area (Å²) in [6.07, 6.45) is -1.45. The maximum Gasteiger partial charge on any atom is 0.280 e. The first-order valence-electron chi connectivity index (χ1n) is 7.39. The van der Waals surface area contributed by atoms with Crippen LogP contribution in [-0.4, -0.2) is 20.5 Å². The first-order valence-corrected chi connectivity index (χ1v) is 7.39. The van der Waals surface area contributed by atoms with Crippen LogP contribution in [0.4, 0.5) is 14.5 Å². The van der Waals surface area contributed by atoms with Crippen molar-refractivity contribution < 1.29 is 13.6 Å². The van der Waals surface area contributed by atoms with Crippen LogP contribution in [0.25, 0.3) is 5.65 Å². The Bertz CT molecular complexity index is 934. The van der Waals surface area contributed by atoms with Crippen molar-refractivity contribution in [3.8, 4) is 0 Å². The van der Waals surface area contributed by atoms with Gasteiger partial charge in [0.15, 0.2) is 5.65 Å². The number of nitrogens with one attached hydrogen (secondary N) is 1. The fourth-order valence-electron chi connectivity index (χ4n) is 2.50. The van der Waals surface area contributed by atoms with Gasteiger partial charge in [0.2, 0.25) is 0 Å². The maximum absolute atomic E-state index is 13.1. The minimum Gasteiger partial charge on any atom is -0.322 e. The number of aromatic nitrogens is 3. The van der Waals surface area contributed by atoms with Crippen LogP contribution in [0.2, 0.25) is 0 Å². The van der Waals surface area contributed by atoms with Gasteiger partial charge in [0.05, 0.1) is 6.20 Å². The highest BCUT2D eigenvalue weighted by Gasteiger charge is 2.20. The molecule has 0 aliphatic heterocycles. The summed E-state index contributed by atoms with van der Waals surface area (Å²) in [5.41, 5.74) is 3.04. The lowest BCUT2D eigenvalue weighted by Crippen LogP contribution is -2.14. The number of hydrogen-bond donors (Lipinski definition) is 1. The van der Waals surface area contributed by atoms with E-state index in [9.17, 15) is 13.6 Å². The van der Waals surface area contributed by atoms with Crippen LogP contribution >= 0.6 is 0 Å². The Balaban J connectivity index is 2.03. The average Bonchev–Trinajstić information content (AvgIpc) is 2.94. The molecule has 0 spiro atoms. The summed E-state index contributed by atoms with van der Waals surface area (Å²) in [5, 5.41) is 6.69. The lowest BCUT2D eigenvalue weighted by Gasteiger charge is -2.10. The van der Waals surface area contributed by atoms with Crippen LogP contribution in [0.1, 0.15) is 39.3 Å². The zero-order valence-corrected chi connectivity index (χ0v) is 13.5. The van der Waals surface area contributed by atoms with E-state index in [1.807, 2.05) is 26.0 Å². The standard InChI is InChI=1S/C17H16F2N4O/c1-9-5-4-6-13(11(9)3)22-17(24)12-8-20-23-14(15(18)19)7-10(2)21-16(12)23/h4-8,15H,1-3H3,(H,22,24). The van der Waals surface area contributed by atoms with Crippen molar-refractivity contribution in [2.45, 2.75) is 27.2 Å². The van der Waals surface area contributed by atoms with Crippen molar-refractivity contribution in [1.82, 2.24) is 14.6 Å². The van der Waals surface area contributed by atoms with Crippen LogP contribution < -0.4 is 5.32 Å². The lowest BCUT2D eigenvalue weighted by molar-refractivity contribution is 0.102. The van der Waals surface area contributed by atoms with E-state index in [4.69, 9.17) is 0 Å². The van der Waals surface area contributed by atoms with Gasteiger partial charge in [-0.15, -0.1) is 0 Å². The van der Waals surface area contributed by atoms with E-state index in [1.165, 1.54) is 12.3 Å². The van der Waals surface area contributed by atoms with Crippen molar-refractivity contribution in [3.63, 3.8) is 0 Å². The molecule has 3 rings (SSSR count). The monoisotopic (exact) mass is 330 g/mol. The number of benzene rings is 1. The molecule has 0 aliphatic rings. The van der Waals surface area contributed by atoms with Gasteiger partial charge in [0, 0.05) is 11.4 Å². The molecule has 0 unspecified atom stereocenters. The normalized spacial score (nSPS) is 11.2. The Labute approximate surface area is 137 Å². The number of fused-ring (bicyclic) bond motifs is 1. The highest BCUT2D eigenvalue weighted by Crippen LogP contribution is 2.23. The summed E-state index contributed by atoms with van der Waals surface area (Å²) in [5.74, 6) is -0.433. The third-order valence-electron chi connectivity index (χ3n) is 3.95. The second-order valence-electron chi connectivity index (χ2n) is 5.62. The van der Waals surface area contributed by atoms with E-state index in [-0.39, 0.29) is 16.9 Å². The van der Waals surface area contributed by atoms with E-state index in [1.54, 1.807) is 13.0 Å². The number of aryl methyl sites for hydroxylation is 2. The fourth-order valence-corrected chi connectivity index (χ4v) is 2.50. The summed E-state index contributed by atoms with van der Waals surface area (Å²) < 4.78 is 27.3. The van der Waals surface area contributed by atoms with Crippen molar-refractivity contribution in [3.05, 3.63) is 58.5 Å². The quantitative estimate of drug-likeness (QED) is 0.793. The number of hydrogen-bond acceptors (Lipinski definition) is 3. The van der Waals surface area contributed by atoms with Crippen LogP contribution in [0, 0.1) is 20.8 Å². The molecule has 0 bridgehead atoms. The number of anilines is 1. The minimum atomic E-state index is -2.70. The zero-order chi connectivity index (χ0) is 17.4. The van der Waals surface area contributed by atoms with Gasteiger partial charge in [-0.2, -0.15) is 5.10 Å². The molecular formula is C17H16F2N4O. The molecule has 0 aliphatic carbocycles. The van der Waals surface area contributed by atoms with Gasteiger partial charge in [0.1, 0.15) is 11.3 Å². The Morgan fingerprint density at radius 1 is 1.25 bits per heavy atom. The summed E-state index contributed by atoms with van der Waals surface area (Å²) in [7, 11) is 0. The Morgan fingerprint density at radius 3 is 2.71 bits per heavy atom. The lowest BCUT2D eigenvalue weighted by atomic mass is 10.1. The van der Waals surface area contributed by atoms with Crippen LogP contribution in [-0.2, 0) is 0 Å². The number of halogens is 2. The fraction of sp³-hybridized carbons (Fsp3) is 0.235. The van der Waals surface area contributed by atoms with E-state index in [0.717, 1.165) is 15.6 Å². The average molecular weight is 330 g/mol. The highest BCUT2D eigenvalue weighted by atomic mass is 19.3. The van der Waals surface area contributed by atoms with Gasteiger partial charge in [0.25, 0.3) is 12.3 Å². The second kappa shape index (κ2) is 5.99. The predicted octanol–water partition coefficient (Wildman–Crippen LogP) is 3.84. The largest absolute Gasteiger partial charge is 0.322 e. The van der Waals surface area contributed by atoms with Gasteiger partial charge in [-0.25, -0.2) is 18.3 Å². The molecule has 5 nitrogen and oxygen atoms in total. The first kappa shape index (κ1) is 16.0. The molecular weight excluding hydrogens is 314 g/mol. The summed E-state index contributed by atoms with van der Waals surface area (Å²) in [6, 6.07) is 6.83. The highest BCUT2D eigenvalue weighted by molar-refractivity contribution is 6.08. The molecule has 24 heavy (non-hydrogen) atoms. The molecule has 0 radical (unpaired) electrons. The molecule has 124 valence electrons. The predicted molar refractivity (Wildman–Crippen MR) is 86.6 cm³/mol. The number of alkyl halides is 2. The van der Waals surface area contributed by atoms with E-state index < -0.39 is 12.3 Å². The molecule has 0 fully saturated rings. The van der Waals surface area contributed by atoms with E-state index in [2.05, 4.69) is 15.4 Å². The van der Waals surface area contributed by atoms with Gasteiger partial charge in [-0.1, -0.05) is 12.1 Å². The Morgan fingerprint density at radius 2 is 2.00 bits per heavy atom. The Kier molecular flexibility index (Phi) is 4.01. The van der Waals surface area contributed by atoms with E-state index in [0.29, 0.717) is 11.4 Å². The smallest absolute Gasteiger partial charge is 0.280 e. The molecule has 1 N–H and O–H groups in total. The van der Waals surface area contributed by atoms with Crippen LogP contribution in [0.3, 0.4) is 0 Å². The number of amides is 1. The number of carbonyl (C=O) groups is 1. The zero-order valence-electron chi connectivity index (χ0n) is 13.5. The topological polar surface area (TPSA) is 59.3 Å². The molecule has 0 atom stereocenters. The minimum absolute atomic E-state index is 0.119. The van der Waals surface area contributed by atoms with Crippen molar-refractivity contribution in [2.24, 2.45) is 0 Å². The molecule has 7 heteroatoms. The molecule has 1 amide bonds. The van der Waals surface area contributed by atoms with Crippen molar-refractivity contribution in [2.75, 3.05) is 5.32 Å². The summed E-state index contributed by atoms with van der Waals surface area (Å²) in [4.78, 5) is 16.7. The Hall–Kier alpha value is -2.83. The molecule has 0 saturated carbocycles. The number of carbonyl (C=O) groups excluding carboxylic acids is 1. The van der Waals surface area contributed by atoms with Crippen molar-refractivity contribution in [1.29, 1.82) is 0 Å². The summed E-state index contributed by atoms with van der Waals surface area (Å²) in [6.45, 7) is 5.45. The first-order chi connectivity index (χ1) is 11.4. The van der Waals surface area contributed by atoms with Crippen molar-refractivity contribution >= 4 is 17.2 Å². The maximum atomic E-state index is 13.1. The molecule has 2 heterocycles. The molecule has 0 saturated heterocycles. The molecule has 2 aromatic heterocycles. The van der Waals surface area contributed by atoms with Gasteiger partial charge in [-0.3, -0.25) is 4.79 Å². The molecule has 1 aromatic carbocycles. The molecule has 3 aromatic rings. The number of nitrogens with zero attached hydrogens (tertiary/aromatic N) is 3. The van der Waals surface area contributed by atoms with Gasteiger partial charge >= 0.3 is 0 Å². The summed E-state index contributed by atoms with van der Waals surface area (Å²) >= 11 is 0. The third kappa shape index (κ3) is 2.73. The second-order valence-corrected chi connectivity index (χ2v) is 5.62. The van der Waals surface area contributed by atoms with E-state index >= 15 is 0 Å². The number of rotatable bonds is 3.